The lowest BCUT2D eigenvalue weighted by Crippen LogP contribution is -2.64. The molecule has 0 amide bonds. The molecule has 0 bridgehead atoms. The van der Waals surface area contributed by atoms with Crippen LogP contribution in [0.25, 0.3) is 0 Å². The predicted molar refractivity (Wildman–Crippen MR) is 91.6 cm³/mol. The van der Waals surface area contributed by atoms with Crippen LogP contribution in [0, 0.1) is 28.6 Å². The first-order chi connectivity index (χ1) is 10.5. The van der Waals surface area contributed by atoms with Gasteiger partial charge in [0.1, 0.15) is 0 Å². The highest BCUT2D eigenvalue weighted by atomic mass is 16.3. The molecule has 6 atom stereocenters. The van der Waals surface area contributed by atoms with Gasteiger partial charge in [0.25, 0.3) is 0 Å². The summed E-state index contributed by atoms with van der Waals surface area (Å²) in [6.07, 6.45) is 15.3. The van der Waals surface area contributed by atoms with E-state index >= 15 is 0 Å². The van der Waals surface area contributed by atoms with E-state index in [1.54, 1.807) is 5.57 Å². The second-order valence-electron chi connectivity index (χ2n) is 9.34. The molecule has 0 heterocycles. The molecule has 0 aromatic rings. The smallest absolute Gasteiger partial charge is 0.0735 e. The van der Waals surface area contributed by atoms with Gasteiger partial charge in [0, 0.05) is 0 Å². The maximum absolute atomic E-state index is 11.9. The van der Waals surface area contributed by atoms with E-state index in [0.717, 1.165) is 18.3 Å². The van der Waals surface area contributed by atoms with E-state index in [9.17, 15) is 5.11 Å². The van der Waals surface area contributed by atoms with Gasteiger partial charge in [0.2, 0.25) is 0 Å². The highest BCUT2D eigenvalue weighted by molar-refractivity contribution is 5.26. The van der Waals surface area contributed by atoms with Gasteiger partial charge >= 0.3 is 0 Å². The maximum atomic E-state index is 11.9. The summed E-state index contributed by atoms with van der Waals surface area (Å²) >= 11 is 0. The fourth-order valence-corrected chi connectivity index (χ4v) is 7.56. The summed E-state index contributed by atoms with van der Waals surface area (Å²) in [6, 6.07) is 0. The Morgan fingerprint density at radius 2 is 1.77 bits per heavy atom. The Labute approximate surface area is 136 Å². The minimum atomic E-state index is -0.371. The van der Waals surface area contributed by atoms with Gasteiger partial charge in [0.05, 0.1) is 5.60 Å². The van der Waals surface area contributed by atoms with Gasteiger partial charge in [-0.1, -0.05) is 38.3 Å². The fraction of sp³-hybridized carbons (Fsp3) is 0.905. The molecule has 4 aliphatic carbocycles. The lowest BCUT2D eigenvalue weighted by molar-refractivity contribution is -0.228. The van der Waals surface area contributed by atoms with Crippen molar-refractivity contribution in [1.82, 2.24) is 0 Å². The predicted octanol–water partition coefficient (Wildman–Crippen LogP) is 5.48. The summed E-state index contributed by atoms with van der Waals surface area (Å²) in [7, 11) is 0. The molecule has 124 valence electrons. The minimum Gasteiger partial charge on any atom is -0.389 e. The Morgan fingerprint density at radius 3 is 2.55 bits per heavy atom. The van der Waals surface area contributed by atoms with Crippen LogP contribution in [-0.2, 0) is 0 Å². The molecule has 1 nitrogen and oxygen atoms in total. The number of allylic oxidation sites excluding steroid dienone is 2. The molecule has 0 aromatic heterocycles. The molecule has 4 rings (SSSR count). The lowest BCUT2D eigenvalue weighted by Gasteiger charge is -2.64. The quantitative estimate of drug-likeness (QED) is 0.587. The van der Waals surface area contributed by atoms with Crippen LogP contribution in [0.4, 0.5) is 0 Å². The second-order valence-corrected chi connectivity index (χ2v) is 9.34. The Bertz CT molecular complexity index is 494. The standard InChI is InChI=1S/C21H34O/c1-4-15-8-10-17-18-11-9-16-7-5-6-12-20(16,3)21(18,22)14-13-19(15,17)2/h4,16-18,22H,5-14H2,1-3H3. The van der Waals surface area contributed by atoms with Crippen LogP contribution in [0.5, 0.6) is 0 Å². The molecular formula is C21H34O. The zero-order chi connectivity index (χ0) is 15.6. The van der Waals surface area contributed by atoms with E-state index < -0.39 is 0 Å². The highest BCUT2D eigenvalue weighted by Gasteiger charge is 2.65. The van der Waals surface area contributed by atoms with Gasteiger partial charge in [-0.05, 0) is 86.9 Å². The molecular weight excluding hydrogens is 268 g/mol. The summed E-state index contributed by atoms with van der Waals surface area (Å²) < 4.78 is 0. The van der Waals surface area contributed by atoms with E-state index in [1.807, 2.05) is 0 Å². The molecule has 4 saturated carbocycles. The van der Waals surface area contributed by atoms with Crippen LogP contribution in [-0.4, -0.2) is 10.7 Å². The van der Waals surface area contributed by atoms with E-state index in [4.69, 9.17) is 0 Å². The van der Waals surface area contributed by atoms with Crippen molar-refractivity contribution < 1.29 is 5.11 Å². The van der Waals surface area contributed by atoms with Crippen molar-refractivity contribution >= 4 is 0 Å². The van der Waals surface area contributed by atoms with Gasteiger partial charge in [-0.15, -0.1) is 0 Å². The lowest BCUT2D eigenvalue weighted by atomic mass is 9.43. The van der Waals surface area contributed by atoms with Crippen LogP contribution in [0.2, 0.25) is 0 Å². The van der Waals surface area contributed by atoms with Crippen LogP contribution in [0.15, 0.2) is 11.6 Å². The molecule has 0 saturated heterocycles. The summed E-state index contributed by atoms with van der Waals surface area (Å²) in [5.41, 5.74) is 1.91. The van der Waals surface area contributed by atoms with E-state index in [1.165, 1.54) is 57.8 Å². The zero-order valence-electron chi connectivity index (χ0n) is 14.8. The van der Waals surface area contributed by atoms with Crippen molar-refractivity contribution in [2.75, 3.05) is 0 Å². The van der Waals surface area contributed by atoms with E-state index in [0.29, 0.717) is 11.3 Å². The van der Waals surface area contributed by atoms with Gasteiger partial charge in [-0.25, -0.2) is 0 Å². The largest absolute Gasteiger partial charge is 0.389 e. The van der Waals surface area contributed by atoms with Crippen molar-refractivity contribution in [3.63, 3.8) is 0 Å². The second kappa shape index (κ2) is 4.85. The molecule has 0 radical (unpaired) electrons. The Kier molecular flexibility index (Phi) is 3.36. The topological polar surface area (TPSA) is 20.2 Å². The van der Waals surface area contributed by atoms with Crippen LogP contribution in [0.1, 0.15) is 85.0 Å². The van der Waals surface area contributed by atoms with Crippen molar-refractivity contribution in [2.24, 2.45) is 28.6 Å². The van der Waals surface area contributed by atoms with Crippen LogP contribution >= 0.6 is 0 Å². The Morgan fingerprint density at radius 1 is 0.955 bits per heavy atom. The summed E-state index contributed by atoms with van der Waals surface area (Å²) in [5, 5.41) is 11.9. The number of fused-ring (bicyclic) bond motifs is 5. The summed E-state index contributed by atoms with van der Waals surface area (Å²) in [5.74, 6) is 2.08. The SMILES string of the molecule is CC=C1CCC2C3CCC4CCCCC4(C)C3(O)CCC12C. The van der Waals surface area contributed by atoms with E-state index in [2.05, 4.69) is 26.8 Å². The molecule has 1 heteroatoms. The van der Waals surface area contributed by atoms with E-state index in [-0.39, 0.29) is 11.0 Å². The van der Waals surface area contributed by atoms with Gasteiger partial charge in [-0.2, -0.15) is 0 Å². The Balaban J connectivity index is 1.72. The maximum Gasteiger partial charge on any atom is 0.0735 e. The van der Waals surface area contributed by atoms with Crippen LogP contribution < -0.4 is 0 Å². The number of hydrogen-bond donors (Lipinski definition) is 1. The fourth-order valence-electron chi connectivity index (χ4n) is 7.56. The molecule has 22 heavy (non-hydrogen) atoms. The number of rotatable bonds is 0. The third-order valence-electron chi connectivity index (χ3n) is 8.96. The highest BCUT2D eigenvalue weighted by Crippen LogP contribution is 2.68. The average Bonchev–Trinajstić information content (AvgIpc) is 2.84. The van der Waals surface area contributed by atoms with Crippen molar-refractivity contribution in [1.29, 1.82) is 0 Å². The number of aliphatic hydroxyl groups is 1. The molecule has 0 aliphatic heterocycles. The first-order valence-electron chi connectivity index (χ1n) is 9.84. The molecule has 4 aliphatic rings. The van der Waals surface area contributed by atoms with Crippen molar-refractivity contribution in [3.05, 3.63) is 11.6 Å². The van der Waals surface area contributed by atoms with Gasteiger partial charge in [0.15, 0.2) is 0 Å². The summed E-state index contributed by atoms with van der Waals surface area (Å²) in [6.45, 7) is 7.19. The monoisotopic (exact) mass is 302 g/mol. The minimum absolute atomic E-state index is 0.203. The molecule has 4 fully saturated rings. The van der Waals surface area contributed by atoms with Crippen molar-refractivity contribution in [3.8, 4) is 0 Å². The molecule has 0 spiro atoms. The van der Waals surface area contributed by atoms with Crippen LogP contribution in [0.3, 0.4) is 0 Å². The third-order valence-corrected chi connectivity index (χ3v) is 8.96. The zero-order valence-corrected chi connectivity index (χ0v) is 14.8. The van der Waals surface area contributed by atoms with Gasteiger partial charge in [-0.3, -0.25) is 0 Å². The molecule has 1 N–H and O–H groups in total. The first-order valence-corrected chi connectivity index (χ1v) is 9.84. The summed E-state index contributed by atoms with van der Waals surface area (Å²) in [4.78, 5) is 0. The molecule has 0 aromatic carbocycles. The molecule has 6 unspecified atom stereocenters. The number of hydrogen-bond acceptors (Lipinski definition) is 1. The first kappa shape index (κ1) is 15.2. The average molecular weight is 303 g/mol. The van der Waals surface area contributed by atoms with Crippen molar-refractivity contribution in [2.45, 2.75) is 90.6 Å². The Hall–Kier alpha value is -0.300. The normalized spacial score (nSPS) is 56.4. The third kappa shape index (κ3) is 1.70. The van der Waals surface area contributed by atoms with Gasteiger partial charge < -0.3 is 5.11 Å².